The predicted octanol–water partition coefficient (Wildman–Crippen LogP) is 3.52. The van der Waals surface area contributed by atoms with Crippen LogP contribution in [0.1, 0.15) is 20.8 Å². The molecule has 152 valence electrons. The van der Waals surface area contributed by atoms with Gasteiger partial charge in [-0.1, -0.05) is 12.1 Å². The highest BCUT2D eigenvalue weighted by atomic mass is 19.4. The minimum Gasteiger partial charge on any atom is -0.491 e. The van der Waals surface area contributed by atoms with E-state index < -0.39 is 23.8 Å². The third-order valence-corrected chi connectivity index (χ3v) is 3.81. The summed E-state index contributed by atoms with van der Waals surface area (Å²) in [5, 5.41) is 1.38. The standard InChI is InChI=1S/C18H20F3N3O4/c1-17(2,3)24(16(26)28-15(25)18(19,20)21)9-10-27-13-6-4-5-12-11(13)7-8-23-14(12)22/h4-8H,9-10H2,1-3H3,(H2,22,23). The van der Waals surface area contributed by atoms with E-state index >= 15 is 0 Å². The molecule has 0 spiro atoms. The minimum atomic E-state index is -5.26. The number of amides is 1. The number of carbonyl (C=O) groups is 2. The summed E-state index contributed by atoms with van der Waals surface area (Å²) in [6, 6.07) is 6.88. The van der Waals surface area contributed by atoms with Gasteiger partial charge in [-0.2, -0.15) is 13.2 Å². The normalized spacial score (nSPS) is 11.9. The van der Waals surface area contributed by atoms with Crippen molar-refractivity contribution in [1.29, 1.82) is 0 Å². The van der Waals surface area contributed by atoms with Crippen molar-refractivity contribution >= 4 is 28.7 Å². The highest BCUT2D eigenvalue weighted by Gasteiger charge is 2.44. The van der Waals surface area contributed by atoms with Gasteiger partial charge in [-0.25, -0.2) is 14.6 Å². The number of benzene rings is 1. The first-order valence-electron chi connectivity index (χ1n) is 8.28. The molecule has 2 rings (SSSR count). The van der Waals surface area contributed by atoms with Crippen LogP contribution in [0.25, 0.3) is 10.8 Å². The maximum atomic E-state index is 12.3. The molecule has 2 N–H and O–H groups in total. The molecule has 1 heterocycles. The second kappa shape index (κ2) is 7.91. The van der Waals surface area contributed by atoms with E-state index in [4.69, 9.17) is 10.5 Å². The number of ether oxygens (including phenoxy) is 2. The fraction of sp³-hybridized carbons (Fsp3) is 0.389. The van der Waals surface area contributed by atoms with Gasteiger partial charge in [0, 0.05) is 22.5 Å². The van der Waals surface area contributed by atoms with E-state index in [1.54, 1.807) is 45.0 Å². The van der Waals surface area contributed by atoms with Crippen molar-refractivity contribution in [2.75, 3.05) is 18.9 Å². The lowest BCUT2D eigenvalue weighted by Gasteiger charge is -2.34. The molecule has 0 radical (unpaired) electrons. The summed E-state index contributed by atoms with van der Waals surface area (Å²) < 4.78 is 46.6. The number of fused-ring (bicyclic) bond motifs is 1. The monoisotopic (exact) mass is 399 g/mol. The quantitative estimate of drug-likeness (QED) is 0.624. The molecule has 0 fully saturated rings. The molecule has 2 aromatic rings. The lowest BCUT2D eigenvalue weighted by molar-refractivity contribution is -0.194. The van der Waals surface area contributed by atoms with Gasteiger partial charge >= 0.3 is 18.2 Å². The maximum absolute atomic E-state index is 12.3. The Morgan fingerprint density at radius 2 is 1.82 bits per heavy atom. The fourth-order valence-electron chi connectivity index (χ4n) is 2.47. The lowest BCUT2D eigenvalue weighted by Crippen LogP contribution is -2.49. The van der Waals surface area contributed by atoms with Crippen LogP contribution in [0.4, 0.5) is 23.8 Å². The van der Waals surface area contributed by atoms with Crippen molar-refractivity contribution in [3.63, 3.8) is 0 Å². The van der Waals surface area contributed by atoms with Crippen LogP contribution >= 0.6 is 0 Å². The lowest BCUT2D eigenvalue weighted by atomic mass is 10.1. The van der Waals surface area contributed by atoms with Gasteiger partial charge in [0.1, 0.15) is 18.2 Å². The Labute approximate surface area is 159 Å². The Bertz CT molecular complexity index is 878. The van der Waals surface area contributed by atoms with E-state index in [1.807, 2.05) is 0 Å². The van der Waals surface area contributed by atoms with Crippen LogP contribution in [0, 0.1) is 0 Å². The Balaban J connectivity index is 2.10. The van der Waals surface area contributed by atoms with Gasteiger partial charge in [-0.05, 0) is 32.9 Å². The van der Waals surface area contributed by atoms with Gasteiger partial charge in [-0.3, -0.25) is 4.90 Å². The van der Waals surface area contributed by atoms with Gasteiger partial charge < -0.3 is 15.2 Å². The van der Waals surface area contributed by atoms with E-state index in [0.29, 0.717) is 22.3 Å². The van der Waals surface area contributed by atoms with Gasteiger partial charge in [0.15, 0.2) is 0 Å². The highest BCUT2D eigenvalue weighted by Crippen LogP contribution is 2.28. The number of aromatic nitrogens is 1. The number of nitrogens with zero attached hydrogens (tertiary/aromatic N) is 2. The van der Waals surface area contributed by atoms with Crippen molar-refractivity contribution in [1.82, 2.24) is 9.88 Å². The molecule has 0 unspecified atom stereocenters. The maximum Gasteiger partial charge on any atom is 0.491 e. The Morgan fingerprint density at radius 1 is 1.14 bits per heavy atom. The minimum absolute atomic E-state index is 0.0477. The van der Waals surface area contributed by atoms with Crippen LogP contribution < -0.4 is 10.5 Å². The van der Waals surface area contributed by atoms with Crippen molar-refractivity contribution in [3.05, 3.63) is 30.5 Å². The average Bonchev–Trinajstić information content (AvgIpc) is 2.57. The third-order valence-electron chi connectivity index (χ3n) is 3.81. The number of nitrogen functional groups attached to an aromatic ring is 1. The summed E-state index contributed by atoms with van der Waals surface area (Å²) in [5.41, 5.74) is 4.92. The smallest absolute Gasteiger partial charge is 0.491 e. The summed E-state index contributed by atoms with van der Waals surface area (Å²) in [6.45, 7) is 4.63. The molecule has 1 amide bonds. The van der Waals surface area contributed by atoms with Crippen LogP contribution in [-0.4, -0.2) is 46.8 Å². The molecule has 0 saturated carbocycles. The second-order valence-electron chi connectivity index (χ2n) is 6.87. The van der Waals surface area contributed by atoms with Gasteiger partial charge in [-0.15, -0.1) is 0 Å². The summed E-state index contributed by atoms with van der Waals surface area (Å²) >= 11 is 0. The summed E-state index contributed by atoms with van der Waals surface area (Å²) in [4.78, 5) is 28.0. The van der Waals surface area contributed by atoms with Crippen molar-refractivity contribution < 1.29 is 32.2 Å². The summed E-state index contributed by atoms with van der Waals surface area (Å²) in [5.74, 6) is -1.77. The molecular formula is C18H20F3N3O4. The van der Waals surface area contributed by atoms with E-state index in [2.05, 4.69) is 9.72 Å². The van der Waals surface area contributed by atoms with Crippen molar-refractivity contribution in [2.45, 2.75) is 32.5 Å². The molecule has 0 bridgehead atoms. The van der Waals surface area contributed by atoms with E-state index in [1.165, 1.54) is 6.20 Å². The Kier molecular flexibility index (Phi) is 6.01. The molecule has 1 aromatic carbocycles. The topological polar surface area (TPSA) is 94.8 Å². The number of hydrogen-bond acceptors (Lipinski definition) is 6. The molecule has 28 heavy (non-hydrogen) atoms. The van der Waals surface area contributed by atoms with E-state index in [9.17, 15) is 22.8 Å². The van der Waals surface area contributed by atoms with Crippen LogP contribution in [0.2, 0.25) is 0 Å². The second-order valence-corrected chi connectivity index (χ2v) is 6.87. The molecule has 0 aliphatic rings. The number of rotatable bonds is 4. The molecule has 0 atom stereocenters. The number of esters is 1. The molecule has 7 nitrogen and oxygen atoms in total. The Morgan fingerprint density at radius 3 is 2.43 bits per heavy atom. The third kappa shape index (κ3) is 5.02. The molecular weight excluding hydrogens is 379 g/mol. The zero-order valence-corrected chi connectivity index (χ0v) is 15.5. The average molecular weight is 399 g/mol. The van der Waals surface area contributed by atoms with Gasteiger partial charge in [0.05, 0.1) is 6.54 Å². The number of halogens is 3. The zero-order valence-electron chi connectivity index (χ0n) is 15.5. The first-order chi connectivity index (χ1) is 12.9. The van der Waals surface area contributed by atoms with E-state index in [-0.39, 0.29) is 13.2 Å². The van der Waals surface area contributed by atoms with Crippen LogP contribution in [0.15, 0.2) is 30.5 Å². The number of pyridine rings is 1. The highest BCUT2D eigenvalue weighted by molar-refractivity contribution is 5.95. The largest absolute Gasteiger partial charge is 0.491 e. The van der Waals surface area contributed by atoms with Crippen molar-refractivity contribution in [3.8, 4) is 5.75 Å². The molecule has 10 heteroatoms. The zero-order chi connectivity index (χ0) is 21.1. The molecule has 0 saturated heterocycles. The number of nitrogens with two attached hydrogens (primary N) is 1. The van der Waals surface area contributed by atoms with Crippen LogP contribution in [-0.2, 0) is 9.53 Å². The van der Waals surface area contributed by atoms with Gasteiger partial charge in [0.2, 0.25) is 0 Å². The Hall–Kier alpha value is -3.04. The van der Waals surface area contributed by atoms with E-state index in [0.717, 1.165) is 4.90 Å². The first-order valence-corrected chi connectivity index (χ1v) is 8.28. The summed E-state index contributed by atoms with van der Waals surface area (Å²) in [6.07, 6.45) is -5.14. The number of hydrogen-bond donors (Lipinski definition) is 1. The van der Waals surface area contributed by atoms with Crippen molar-refractivity contribution in [2.24, 2.45) is 0 Å². The molecule has 0 aliphatic carbocycles. The number of anilines is 1. The first kappa shape index (κ1) is 21.3. The number of carbonyl (C=O) groups excluding carboxylic acids is 2. The summed E-state index contributed by atoms with van der Waals surface area (Å²) in [7, 11) is 0. The molecule has 0 aliphatic heterocycles. The fourth-order valence-corrected chi connectivity index (χ4v) is 2.47. The van der Waals surface area contributed by atoms with Gasteiger partial charge in [0.25, 0.3) is 0 Å². The number of alkyl halides is 3. The van der Waals surface area contributed by atoms with Crippen LogP contribution in [0.5, 0.6) is 5.75 Å². The van der Waals surface area contributed by atoms with Crippen LogP contribution in [0.3, 0.4) is 0 Å². The molecule has 1 aromatic heterocycles. The predicted molar refractivity (Wildman–Crippen MR) is 95.7 cm³/mol. The SMILES string of the molecule is CC(C)(C)N(CCOc1cccc2c(N)nccc12)C(=O)OC(=O)C(F)(F)F.